The summed E-state index contributed by atoms with van der Waals surface area (Å²) in [4.78, 5) is 23.2. The van der Waals surface area contributed by atoms with Gasteiger partial charge in [0.05, 0.1) is 19.6 Å². The summed E-state index contributed by atoms with van der Waals surface area (Å²) in [6, 6.07) is 5.91. The molecule has 2 aromatic heterocycles. The predicted molar refractivity (Wildman–Crippen MR) is 95.3 cm³/mol. The molecule has 3 rings (SSSR count). The van der Waals surface area contributed by atoms with E-state index in [1.54, 1.807) is 13.3 Å². The normalized spacial score (nSPS) is 18.5. The van der Waals surface area contributed by atoms with Crippen LogP contribution in [0.25, 0.3) is 11.0 Å². The zero-order valence-electron chi connectivity index (χ0n) is 15.3. The number of carbonyl (C=O) groups is 1. The van der Waals surface area contributed by atoms with Crippen molar-refractivity contribution in [1.29, 1.82) is 0 Å². The number of methoxy groups -OCH3 is 2. The van der Waals surface area contributed by atoms with Gasteiger partial charge >= 0.3 is 5.97 Å². The van der Waals surface area contributed by atoms with Crippen LogP contribution in [-0.2, 0) is 16.1 Å². The van der Waals surface area contributed by atoms with Gasteiger partial charge in [-0.15, -0.1) is 0 Å². The van der Waals surface area contributed by atoms with E-state index in [4.69, 9.17) is 9.47 Å². The second kappa shape index (κ2) is 6.96. The van der Waals surface area contributed by atoms with E-state index in [0.717, 1.165) is 31.4 Å². The van der Waals surface area contributed by atoms with Crippen molar-refractivity contribution in [3.8, 4) is 5.88 Å². The Balaban J connectivity index is 1.76. The van der Waals surface area contributed by atoms with Crippen molar-refractivity contribution in [3.05, 3.63) is 30.0 Å². The fourth-order valence-corrected chi connectivity index (χ4v) is 3.56. The van der Waals surface area contributed by atoms with Crippen molar-refractivity contribution in [1.82, 2.24) is 14.9 Å². The third kappa shape index (κ3) is 3.44. The van der Waals surface area contributed by atoms with E-state index in [1.165, 1.54) is 12.7 Å². The zero-order chi connectivity index (χ0) is 18.0. The monoisotopic (exact) mass is 343 g/mol. The van der Waals surface area contributed by atoms with Crippen molar-refractivity contribution in [3.63, 3.8) is 0 Å². The van der Waals surface area contributed by atoms with Gasteiger partial charge in [0.15, 0.2) is 5.65 Å². The first-order valence-electron chi connectivity index (χ1n) is 8.55. The van der Waals surface area contributed by atoms with E-state index in [2.05, 4.69) is 14.9 Å². The lowest BCUT2D eigenvalue weighted by Gasteiger charge is -2.28. The number of esters is 1. The molecule has 1 aliphatic rings. The van der Waals surface area contributed by atoms with Gasteiger partial charge in [-0.25, -0.2) is 4.98 Å². The summed E-state index contributed by atoms with van der Waals surface area (Å²) in [5, 5.41) is 1.04. The standard InChI is InChI=1S/C19H25N3O3/c1-19(2,18(23)25-4)14-8-10-22(12-14)11-13-7-9-20-17-15(13)5-6-16(21-17)24-3/h5-7,9,14H,8,10-12H2,1-4H3. The lowest BCUT2D eigenvalue weighted by molar-refractivity contribution is -0.153. The summed E-state index contributed by atoms with van der Waals surface area (Å²) >= 11 is 0. The number of carbonyl (C=O) groups excluding carboxylic acids is 1. The molecular weight excluding hydrogens is 318 g/mol. The fourth-order valence-electron chi connectivity index (χ4n) is 3.56. The van der Waals surface area contributed by atoms with Gasteiger partial charge in [0, 0.05) is 30.7 Å². The average Bonchev–Trinajstić information content (AvgIpc) is 3.10. The van der Waals surface area contributed by atoms with Crippen LogP contribution in [0.5, 0.6) is 5.88 Å². The van der Waals surface area contributed by atoms with E-state index < -0.39 is 5.41 Å². The first-order chi connectivity index (χ1) is 12.0. The van der Waals surface area contributed by atoms with Crippen LogP contribution < -0.4 is 4.74 Å². The van der Waals surface area contributed by atoms with Crippen LogP contribution >= 0.6 is 0 Å². The number of nitrogens with zero attached hydrogens (tertiary/aromatic N) is 3. The number of rotatable bonds is 5. The summed E-state index contributed by atoms with van der Waals surface area (Å²) in [6.07, 6.45) is 2.78. The molecule has 6 heteroatoms. The van der Waals surface area contributed by atoms with Crippen LogP contribution in [0.2, 0.25) is 0 Å². The van der Waals surface area contributed by atoms with E-state index >= 15 is 0 Å². The highest BCUT2D eigenvalue weighted by atomic mass is 16.5. The summed E-state index contributed by atoms with van der Waals surface area (Å²) in [7, 11) is 3.06. The molecule has 1 fully saturated rings. The molecule has 1 atom stereocenters. The fraction of sp³-hybridized carbons (Fsp3) is 0.526. The Morgan fingerprint density at radius 2 is 2.12 bits per heavy atom. The summed E-state index contributed by atoms with van der Waals surface area (Å²) in [5.74, 6) is 0.731. The lowest BCUT2D eigenvalue weighted by Crippen LogP contribution is -2.35. The summed E-state index contributed by atoms with van der Waals surface area (Å²) in [6.45, 7) is 6.63. The van der Waals surface area contributed by atoms with Crippen LogP contribution in [0.4, 0.5) is 0 Å². The topological polar surface area (TPSA) is 64.5 Å². The molecule has 134 valence electrons. The van der Waals surface area contributed by atoms with Crippen molar-refractivity contribution in [2.75, 3.05) is 27.3 Å². The molecule has 25 heavy (non-hydrogen) atoms. The Hall–Kier alpha value is -2.21. The van der Waals surface area contributed by atoms with Crippen LogP contribution in [-0.4, -0.2) is 48.1 Å². The maximum Gasteiger partial charge on any atom is 0.311 e. The number of hydrogen-bond acceptors (Lipinski definition) is 6. The van der Waals surface area contributed by atoms with Gasteiger partial charge in [0.25, 0.3) is 0 Å². The van der Waals surface area contributed by atoms with Gasteiger partial charge in [-0.05, 0) is 50.4 Å². The molecule has 3 heterocycles. The first-order valence-corrected chi connectivity index (χ1v) is 8.55. The van der Waals surface area contributed by atoms with Gasteiger partial charge in [0.2, 0.25) is 5.88 Å². The highest BCUT2D eigenvalue weighted by Gasteiger charge is 2.41. The van der Waals surface area contributed by atoms with Gasteiger partial charge in [-0.3, -0.25) is 9.69 Å². The van der Waals surface area contributed by atoms with Crippen LogP contribution in [0.15, 0.2) is 24.4 Å². The van der Waals surface area contributed by atoms with Gasteiger partial charge < -0.3 is 9.47 Å². The van der Waals surface area contributed by atoms with E-state index in [-0.39, 0.29) is 5.97 Å². The van der Waals surface area contributed by atoms with Crippen molar-refractivity contribution in [2.45, 2.75) is 26.8 Å². The minimum absolute atomic E-state index is 0.134. The molecule has 2 aromatic rings. The maximum absolute atomic E-state index is 12.1. The molecule has 0 spiro atoms. The smallest absolute Gasteiger partial charge is 0.311 e. The number of fused-ring (bicyclic) bond motifs is 1. The molecule has 1 saturated heterocycles. The van der Waals surface area contributed by atoms with Crippen molar-refractivity contribution >= 4 is 17.0 Å². The van der Waals surface area contributed by atoms with Gasteiger partial charge in [-0.2, -0.15) is 4.98 Å². The third-order valence-electron chi connectivity index (χ3n) is 5.28. The largest absolute Gasteiger partial charge is 0.481 e. The van der Waals surface area contributed by atoms with Crippen LogP contribution in [0.3, 0.4) is 0 Å². The molecule has 0 N–H and O–H groups in total. The predicted octanol–water partition coefficient (Wildman–Crippen LogP) is 2.66. The summed E-state index contributed by atoms with van der Waals surface area (Å²) in [5.41, 5.74) is 1.43. The Morgan fingerprint density at radius 1 is 1.32 bits per heavy atom. The second-order valence-electron chi connectivity index (χ2n) is 7.13. The quantitative estimate of drug-likeness (QED) is 0.778. The first kappa shape index (κ1) is 17.6. The lowest BCUT2D eigenvalue weighted by atomic mass is 9.78. The Kier molecular flexibility index (Phi) is 4.90. The molecule has 0 amide bonds. The van der Waals surface area contributed by atoms with Crippen molar-refractivity contribution < 1.29 is 14.3 Å². The Labute approximate surface area is 148 Å². The highest BCUT2D eigenvalue weighted by molar-refractivity contribution is 5.79. The van der Waals surface area contributed by atoms with E-state index in [0.29, 0.717) is 17.4 Å². The molecular formula is C19H25N3O3. The molecule has 0 saturated carbocycles. The average molecular weight is 343 g/mol. The molecule has 1 unspecified atom stereocenters. The molecule has 6 nitrogen and oxygen atoms in total. The zero-order valence-corrected chi connectivity index (χ0v) is 15.3. The van der Waals surface area contributed by atoms with Gasteiger partial charge in [0.1, 0.15) is 0 Å². The highest BCUT2D eigenvalue weighted by Crippen LogP contribution is 2.36. The van der Waals surface area contributed by atoms with E-state index in [1.807, 2.05) is 32.0 Å². The Bertz CT molecular complexity index is 776. The maximum atomic E-state index is 12.1. The molecule has 0 aromatic carbocycles. The number of ether oxygens (including phenoxy) is 2. The molecule has 0 aliphatic carbocycles. The minimum atomic E-state index is -0.460. The number of likely N-dealkylation sites (tertiary alicyclic amines) is 1. The number of hydrogen-bond donors (Lipinski definition) is 0. The molecule has 1 aliphatic heterocycles. The van der Waals surface area contributed by atoms with Crippen LogP contribution in [0, 0.1) is 11.3 Å². The van der Waals surface area contributed by atoms with E-state index in [9.17, 15) is 4.79 Å². The third-order valence-corrected chi connectivity index (χ3v) is 5.28. The molecule has 0 radical (unpaired) electrons. The second-order valence-corrected chi connectivity index (χ2v) is 7.13. The van der Waals surface area contributed by atoms with Crippen molar-refractivity contribution in [2.24, 2.45) is 11.3 Å². The number of aromatic nitrogens is 2. The van der Waals surface area contributed by atoms with Crippen LogP contribution in [0.1, 0.15) is 25.8 Å². The van der Waals surface area contributed by atoms with Gasteiger partial charge in [-0.1, -0.05) is 0 Å². The minimum Gasteiger partial charge on any atom is -0.481 e. The Morgan fingerprint density at radius 3 is 2.84 bits per heavy atom. The molecule has 0 bridgehead atoms. The summed E-state index contributed by atoms with van der Waals surface area (Å²) < 4.78 is 10.1. The SMILES string of the molecule is COC(=O)C(C)(C)C1CCN(Cc2ccnc3nc(OC)ccc23)C1. The number of pyridine rings is 2.